The van der Waals surface area contributed by atoms with Crippen LogP contribution in [0, 0.1) is 0 Å². The second kappa shape index (κ2) is 16.4. The van der Waals surface area contributed by atoms with E-state index in [4.69, 9.17) is 9.63 Å². The maximum Gasteiger partial charge on any atom is 0.472 e. The normalized spacial score (nSPS) is 13.7. The van der Waals surface area contributed by atoms with Gasteiger partial charge in [0.25, 0.3) is 0 Å². The Bertz CT molecular complexity index is 254. The smallest absolute Gasteiger partial charge is 0.394 e. The zero-order valence-corrected chi connectivity index (χ0v) is 14.4. The molecule has 6 nitrogen and oxygen atoms in total. The number of hydrogen-bond donors (Lipinski definition) is 3. The summed E-state index contributed by atoms with van der Waals surface area (Å²) in [6, 6.07) is 0. The fourth-order valence-electron chi connectivity index (χ4n) is 1.96. The van der Waals surface area contributed by atoms with Crippen LogP contribution in [0.5, 0.6) is 0 Å². The van der Waals surface area contributed by atoms with Crippen molar-refractivity contribution in [2.75, 3.05) is 19.8 Å². The number of aliphatic hydroxyl groups excluding tert-OH is 1. The average Bonchev–Trinajstić information content (AvgIpc) is 2.42. The predicted molar refractivity (Wildman–Crippen MR) is 85.7 cm³/mol. The van der Waals surface area contributed by atoms with Crippen LogP contribution < -0.4 is 6.15 Å². The molecule has 0 bridgehead atoms. The van der Waals surface area contributed by atoms with Gasteiger partial charge >= 0.3 is 7.82 Å². The van der Waals surface area contributed by atoms with Crippen LogP contribution in [-0.2, 0) is 13.6 Å². The summed E-state index contributed by atoms with van der Waals surface area (Å²) >= 11 is 0. The van der Waals surface area contributed by atoms with Crippen LogP contribution in [0.4, 0.5) is 0 Å². The van der Waals surface area contributed by atoms with Gasteiger partial charge < -0.3 is 16.2 Å². The van der Waals surface area contributed by atoms with Crippen molar-refractivity contribution in [3.05, 3.63) is 0 Å². The largest absolute Gasteiger partial charge is 0.472 e. The zero-order chi connectivity index (χ0) is 15.1. The summed E-state index contributed by atoms with van der Waals surface area (Å²) in [4.78, 5) is 9.19. The lowest BCUT2D eigenvalue weighted by molar-refractivity contribution is 0.122. The molecular formula is C14H34NO5P. The third-order valence-corrected chi connectivity index (χ3v) is 4.12. The molecule has 0 saturated heterocycles. The molecule has 0 aliphatic rings. The molecule has 21 heavy (non-hydrogen) atoms. The highest BCUT2D eigenvalue weighted by Gasteiger charge is 2.19. The van der Waals surface area contributed by atoms with E-state index < -0.39 is 7.82 Å². The van der Waals surface area contributed by atoms with Crippen molar-refractivity contribution in [2.24, 2.45) is 0 Å². The van der Waals surface area contributed by atoms with Gasteiger partial charge in [-0.25, -0.2) is 4.57 Å². The van der Waals surface area contributed by atoms with Crippen LogP contribution in [-0.4, -0.2) is 29.8 Å². The highest BCUT2D eigenvalue weighted by molar-refractivity contribution is 7.47. The summed E-state index contributed by atoms with van der Waals surface area (Å²) in [6.45, 7) is 2.00. The molecular weight excluding hydrogens is 293 g/mol. The Morgan fingerprint density at radius 3 is 1.71 bits per heavy atom. The first-order valence-electron chi connectivity index (χ1n) is 7.85. The van der Waals surface area contributed by atoms with Crippen LogP contribution in [0.15, 0.2) is 0 Å². The van der Waals surface area contributed by atoms with Crippen LogP contribution in [0.2, 0.25) is 0 Å². The van der Waals surface area contributed by atoms with E-state index in [2.05, 4.69) is 11.4 Å². The lowest BCUT2D eigenvalue weighted by atomic mass is 10.1. The number of rotatable bonds is 15. The molecule has 0 rings (SSSR count). The van der Waals surface area contributed by atoms with E-state index in [0.29, 0.717) is 0 Å². The Balaban J connectivity index is 0. The molecule has 0 aromatic rings. The molecule has 5 N–H and O–H groups in total. The molecule has 0 amide bonds. The van der Waals surface area contributed by atoms with Crippen molar-refractivity contribution in [1.29, 1.82) is 0 Å². The maximum absolute atomic E-state index is 11.2. The number of unbranched alkanes of at least 4 members (excludes halogenated alkanes) is 9. The third-order valence-electron chi connectivity index (χ3n) is 3.10. The Kier molecular flexibility index (Phi) is 18.2. The van der Waals surface area contributed by atoms with E-state index >= 15 is 0 Å². The lowest BCUT2D eigenvalue weighted by Gasteiger charge is -2.10. The van der Waals surface area contributed by atoms with Crippen molar-refractivity contribution < 1.29 is 23.6 Å². The van der Waals surface area contributed by atoms with Crippen molar-refractivity contribution >= 4 is 7.82 Å². The van der Waals surface area contributed by atoms with Crippen LogP contribution >= 0.6 is 7.82 Å². The SMILES string of the molecule is CCCCCCCCCCCCOP(=O)(O)OCCO.N. The van der Waals surface area contributed by atoms with E-state index in [9.17, 15) is 9.46 Å². The quantitative estimate of drug-likeness (QED) is 0.307. The molecule has 0 aliphatic carbocycles. The van der Waals surface area contributed by atoms with Gasteiger partial charge in [-0.15, -0.1) is 0 Å². The van der Waals surface area contributed by atoms with Crippen molar-refractivity contribution in [1.82, 2.24) is 6.15 Å². The average molecular weight is 327 g/mol. The fourth-order valence-corrected chi connectivity index (χ4v) is 2.71. The highest BCUT2D eigenvalue weighted by atomic mass is 31.2. The van der Waals surface area contributed by atoms with E-state index in [-0.39, 0.29) is 26.0 Å². The van der Waals surface area contributed by atoms with E-state index in [0.717, 1.165) is 19.3 Å². The van der Waals surface area contributed by atoms with Gasteiger partial charge in [0.05, 0.1) is 19.8 Å². The van der Waals surface area contributed by atoms with Crippen LogP contribution in [0.3, 0.4) is 0 Å². The van der Waals surface area contributed by atoms with Gasteiger partial charge in [-0.1, -0.05) is 64.7 Å². The third kappa shape index (κ3) is 18.0. The molecule has 0 spiro atoms. The van der Waals surface area contributed by atoms with Gasteiger partial charge in [-0.2, -0.15) is 0 Å². The summed E-state index contributed by atoms with van der Waals surface area (Å²) < 4.78 is 20.5. The van der Waals surface area contributed by atoms with Gasteiger partial charge in [0.1, 0.15) is 0 Å². The van der Waals surface area contributed by atoms with E-state index in [1.807, 2.05) is 0 Å². The summed E-state index contributed by atoms with van der Waals surface area (Å²) in [5.41, 5.74) is 0. The Morgan fingerprint density at radius 1 is 0.810 bits per heavy atom. The molecule has 1 atom stereocenters. The van der Waals surface area contributed by atoms with Gasteiger partial charge in [0.15, 0.2) is 0 Å². The molecule has 0 radical (unpaired) electrons. The van der Waals surface area contributed by atoms with Gasteiger partial charge in [-0.3, -0.25) is 9.05 Å². The number of aliphatic hydroxyl groups is 1. The summed E-state index contributed by atoms with van der Waals surface area (Å²) in [5.74, 6) is 0. The van der Waals surface area contributed by atoms with Crippen molar-refractivity contribution in [3.63, 3.8) is 0 Å². The summed E-state index contributed by atoms with van der Waals surface area (Å²) in [5, 5.41) is 8.48. The van der Waals surface area contributed by atoms with Crippen molar-refractivity contribution in [2.45, 2.75) is 71.1 Å². The zero-order valence-electron chi connectivity index (χ0n) is 13.5. The predicted octanol–water partition coefficient (Wildman–Crippen LogP) is 4.20. The highest BCUT2D eigenvalue weighted by Crippen LogP contribution is 2.42. The Labute approximate surface area is 129 Å². The Morgan fingerprint density at radius 2 is 1.24 bits per heavy atom. The summed E-state index contributed by atoms with van der Waals surface area (Å²) in [7, 11) is -3.95. The number of phosphoric acid groups is 1. The topological polar surface area (TPSA) is 111 Å². The number of phosphoric ester groups is 1. The number of hydrogen-bond acceptors (Lipinski definition) is 5. The van der Waals surface area contributed by atoms with Gasteiger partial charge in [0, 0.05) is 0 Å². The molecule has 7 heteroatoms. The molecule has 0 saturated carbocycles. The maximum atomic E-state index is 11.2. The van der Waals surface area contributed by atoms with Crippen LogP contribution in [0.1, 0.15) is 71.1 Å². The molecule has 1 unspecified atom stereocenters. The first kappa shape index (κ1) is 23.3. The minimum absolute atomic E-state index is 0. The van der Waals surface area contributed by atoms with Crippen molar-refractivity contribution in [3.8, 4) is 0 Å². The van der Waals surface area contributed by atoms with Crippen LogP contribution in [0.25, 0.3) is 0 Å². The fraction of sp³-hybridized carbons (Fsp3) is 1.00. The standard InChI is InChI=1S/C14H31O5P.H3N/c1-2-3-4-5-6-7-8-9-10-11-13-18-20(16,17)19-14-12-15;/h15H,2-14H2,1H3,(H,16,17);1H3. The van der Waals surface area contributed by atoms with Gasteiger partial charge in [0.2, 0.25) is 0 Å². The second-order valence-electron chi connectivity index (χ2n) is 5.04. The molecule has 0 aromatic heterocycles. The minimum atomic E-state index is -3.95. The molecule has 130 valence electrons. The first-order valence-corrected chi connectivity index (χ1v) is 9.34. The molecule has 0 fully saturated rings. The molecule has 0 heterocycles. The lowest BCUT2D eigenvalue weighted by Crippen LogP contribution is -2.01. The second-order valence-corrected chi connectivity index (χ2v) is 6.49. The van der Waals surface area contributed by atoms with Gasteiger partial charge in [-0.05, 0) is 6.42 Å². The molecule has 0 aromatic carbocycles. The molecule has 0 aliphatic heterocycles. The first-order chi connectivity index (χ1) is 9.62. The minimum Gasteiger partial charge on any atom is -0.394 e. The van der Waals surface area contributed by atoms with E-state index in [1.165, 1.54) is 44.9 Å². The van der Waals surface area contributed by atoms with E-state index in [1.54, 1.807) is 0 Å². The Hall–Kier alpha value is 0.0300. The monoisotopic (exact) mass is 327 g/mol. The summed E-state index contributed by atoms with van der Waals surface area (Å²) in [6.07, 6.45) is 12.1.